The summed E-state index contributed by atoms with van der Waals surface area (Å²) in [7, 11) is -3.30. The standard InChI is InChI=1S/C18H17FN2O3.C18H18FNO4S.2C18H18FNO2S.C17H15FN4O2/c1-2-14-10-21(18(23)24-14)13-7-8-15(16(19)9-13)11-3-5-12(6-4-11)17(20)22;1-3-14-11-20(18(21)24-14)13-6-9-16(17(19)10-13)12-4-7-15(8-5-12)25(2,22)23;1-3-14-11-20(18(21)22-14)13-6-9-16(17(19)10-13)12-4-7-15(23-2)8-5-12;1-3-14-11-20(18(21)22-14)13-7-8-16(17(19)10-13)12-5-4-6-15(9-12)23-2;1-2-13-9-21(17(23)24-13)12-4-5-14(15(18)7-12)11-3-6-16-19-10-20-22(16)8-11/h3-9,14H,2,10H2,1H3,(H2,20,22);4-10,14H,3,11H2,1-2H3;2*4-10,14H,3,11H2,1-2H3;3-8,10,13H,2,9H2,1H3/t4*14-;13-/m00000/s1. The first-order valence-electron chi connectivity index (χ1n) is 38.4. The number of carbonyl (C=O) groups excluding carboxylic acids is 6. The Morgan fingerprint density at radius 2 is 0.714 bits per heavy atom. The zero-order chi connectivity index (χ0) is 84.9. The van der Waals surface area contributed by atoms with Crippen molar-refractivity contribution < 1.29 is 82.8 Å². The third-order valence-electron chi connectivity index (χ3n) is 20.4. The topological polar surface area (TPSA) is 255 Å². The molecule has 22 nitrogen and oxygen atoms in total. The second-order valence-electron chi connectivity index (χ2n) is 28.1. The fraction of sp³-hybridized carbons (Fsp3) is 0.258. The van der Waals surface area contributed by atoms with E-state index in [0.717, 1.165) is 52.9 Å². The van der Waals surface area contributed by atoms with Gasteiger partial charge in [0.05, 0.1) is 66.1 Å². The van der Waals surface area contributed by atoms with E-state index in [0.29, 0.717) is 123 Å². The van der Waals surface area contributed by atoms with Crippen molar-refractivity contribution in [3.63, 3.8) is 0 Å². The minimum Gasteiger partial charge on any atom is -0.444 e. The summed E-state index contributed by atoms with van der Waals surface area (Å²) in [5.74, 6) is -2.56. The molecule has 0 aliphatic carbocycles. The van der Waals surface area contributed by atoms with E-state index in [4.69, 9.17) is 29.4 Å². The lowest BCUT2D eigenvalue weighted by atomic mass is 10.0. The number of rotatable bonds is 19. The van der Waals surface area contributed by atoms with Gasteiger partial charge in [-0.1, -0.05) is 83.1 Å². The Balaban J connectivity index is 0.000000137. The van der Waals surface area contributed by atoms with Gasteiger partial charge in [-0.25, -0.2) is 63.8 Å². The van der Waals surface area contributed by atoms with Crippen molar-refractivity contribution in [3.05, 3.63) is 247 Å². The van der Waals surface area contributed by atoms with E-state index in [9.17, 15) is 59.1 Å². The lowest BCUT2D eigenvalue weighted by Gasteiger charge is -2.14. The van der Waals surface area contributed by atoms with E-state index in [2.05, 4.69) is 10.1 Å². The first-order chi connectivity index (χ1) is 57.2. The van der Waals surface area contributed by atoms with Crippen LogP contribution in [0.3, 0.4) is 0 Å². The number of hydrogen-bond acceptors (Lipinski definition) is 17. The highest BCUT2D eigenvalue weighted by Crippen LogP contribution is 2.37. The minimum atomic E-state index is -3.30. The molecule has 5 saturated heterocycles. The van der Waals surface area contributed by atoms with Crippen LogP contribution in [0.4, 0.5) is 74.4 Å². The van der Waals surface area contributed by atoms with Gasteiger partial charge in [0, 0.05) is 61.2 Å². The van der Waals surface area contributed by atoms with Crippen LogP contribution in [0.15, 0.2) is 227 Å². The molecule has 5 fully saturated rings. The molecule has 5 atom stereocenters. The molecule has 5 aliphatic rings. The van der Waals surface area contributed by atoms with Gasteiger partial charge >= 0.3 is 30.5 Å². The second-order valence-corrected chi connectivity index (χ2v) is 31.9. The number of nitrogens with zero attached hydrogens (tertiary/aromatic N) is 8. The summed E-state index contributed by atoms with van der Waals surface area (Å²) in [6.45, 7) is 11.9. The van der Waals surface area contributed by atoms with Crippen LogP contribution in [0, 0.1) is 29.1 Å². The Labute approximate surface area is 693 Å². The molecule has 119 heavy (non-hydrogen) atoms. The number of hydrogen-bond donors (Lipinski definition) is 1. The Hall–Kier alpha value is -12.3. The van der Waals surface area contributed by atoms with E-state index in [1.54, 1.807) is 143 Å². The maximum absolute atomic E-state index is 14.6. The van der Waals surface area contributed by atoms with Gasteiger partial charge in [0.1, 0.15) is 65.9 Å². The van der Waals surface area contributed by atoms with Crippen LogP contribution >= 0.6 is 23.5 Å². The third kappa shape index (κ3) is 20.5. The van der Waals surface area contributed by atoms with Crippen molar-refractivity contribution >= 4 is 104 Å². The number of benzene rings is 9. The van der Waals surface area contributed by atoms with Crippen LogP contribution in [-0.4, -0.2) is 141 Å². The van der Waals surface area contributed by atoms with Gasteiger partial charge < -0.3 is 29.4 Å². The molecule has 2 aromatic heterocycles. The molecule has 30 heteroatoms. The van der Waals surface area contributed by atoms with Crippen LogP contribution in [0.2, 0.25) is 0 Å². The fourth-order valence-corrected chi connectivity index (χ4v) is 15.0. The predicted octanol–water partition coefficient (Wildman–Crippen LogP) is 20.1. The average molecular weight is 1680 g/mol. The van der Waals surface area contributed by atoms with Crippen LogP contribution in [0.1, 0.15) is 77.1 Å². The molecule has 6 amide bonds. The largest absolute Gasteiger partial charge is 0.444 e. The van der Waals surface area contributed by atoms with E-state index in [1.807, 2.05) is 95.7 Å². The van der Waals surface area contributed by atoms with E-state index in [1.165, 1.54) is 73.3 Å². The van der Waals surface area contributed by atoms with Crippen LogP contribution in [0.25, 0.3) is 61.3 Å². The predicted molar refractivity (Wildman–Crippen MR) is 450 cm³/mol. The van der Waals surface area contributed by atoms with E-state index in [-0.39, 0.29) is 47.0 Å². The number of amides is 6. The number of anilines is 5. The molecular formula is C89H86F5N9O13S3. The number of fused-ring (bicyclic) bond motifs is 1. The molecule has 11 aromatic rings. The average Bonchev–Trinajstić information content (AvgIpc) is 1.75. The lowest BCUT2D eigenvalue weighted by Crippen LogP contribution is -2.24. The molecule has 0 unspecified atom stereocenters. The molecule has 618 valence electrons. The third-order valence-corrected chi connectivity index (χ3v) is 23.0. The number of halogens is 5. The van der Waals surface area contributed by atoms with Gasteiger partial charge in [0.15, 0.2) is 15.5 Å². The molecule has 16 rings (SSSR count). The van der Waals surface area contributed by atoms with Gasteiger partial charge in [-0.3, -0.25) is 29.3 Å². The summed E-state index contributed by atoms with van der Waals surface area (Å²) >= 11 is 3.27. The number of ether oxygens (including phenoxy) is 5. The molecule has 7 heterocycles. The lowest BCUT2D eigenvalue weighted by molar-refractivity contribution is 0.0999. The first kappa shape index (κ1) is 86.1. The van der Waals surface area contributed by atoms with Crippen molar-refractivity contribution in [2.24, 2.45) is 5.73 Å². The number of pyridine rings is 1. The van der Waals surface area contributed by atoms with Crippen LogP contribution in [0.5, 0.6) is 0 Å². The zero-order valence-electron chi connectivity index (χ0n) is 66.2. The summed E-state index contributed by atoms with van der Waals surface area (Å²) in [6, 6.07) is 55.1. The molecule has 0 spiro atoms. The SMILES string of the molecule is CC[C@H]1CN(c2ccc(-c3ccc(C(N)=O)cc3)c(F)c2)C(=O)O1.CC[C@H]1CN(c2ccc(-c3ccc(S(C)(=O)=O)cc3)c(F)c2)C(=O)O1.CC[C@H]1CN(c2ccc(-c3ccc(SC)cc3)c(F)c2)C(=O)O1.CC[C@H]1CN(c2ccc(-c3ccc4ncnn4c3)c(F)c2)C(=O)O1.CC[C@H]1CN(c2ccc(-c3cccc(SC)c3)c(F)c2)C(=O)O1. The smallest absolute Gasteiger partial charge is 0.414 e. The first-order valence-corrected chi connectivity index (χ1v) is 42.7. The highest BCUT2D eigenvalue weighted by molar-refractivity contribution is 7.98. The monoisotopic (exact) mass is 1680 g/mol. The van der Waals surface area contributed by atoms with Crippen molar-refractivity contribution in [1.82, 2.24) is 14.6 Å². The molecule has 0 bridgehead atoms. The van der Waals surface area contributed by atoms with Crippen molar-refractivity contribution in [3.8, 4) is 55.6 Å². The number of aromatic nitrogens is 3. The molecule has 0 saturated carbocycles. The van der Waals surface area contributed by atoms with Crippen molar-refractivity contribution in [2.45, 2.75) is 112 Å². The van der Waals surface area contributed by atoms with Crippen molar-refractivity contribution in [1.29, 1.82) is 0 Å². The van der Waals surface area contributed by atoms with Crippen LogP contribution < -0.4 is 30.2 Å². The maximum atomic E-state index is 14.6. The van der Waals surface area contributed by atoms with Gasteiger partial charge in [0.2, 0.25) is 5.91 Å². The summed E-state index contributed by atoms with van der Waals surface area (Å²) in [6.07, 6.45) is 9.03. The van der Waals surface area contributed by atoms with Gasteiger partial charge in [-0.15, -0.1) is 23.5 Å². The summed E-state index contributed by atoms with van der Waals surface area (Å²) < 4.78 is 123. The Bertz CT molecular complexity index is 5680. The molecule has 0 radical (unpaired) electrons. The number of cyclic esters (lactones) is 5. The number of sulfone groups is 1. The highest BCUT2D eigenvalue weighted by Gasteiger charge is 2.37. The number of carbonyl (C=O) groups is 6. The van der Waals surface area contributed by atoms with Gasteiger partial charge in [-0.2, -0.15) is 5.10 Å². The zero-order valence-corrected chi connectivity index (χ0v) is 68.7. The molecule has 2 N–H and O–H groups in total. The summed E-state index contributed by atoms with van der Waals surface area (Å²) in [5, 5.41) is 4.06. The fourth-order valence-electron chi connectivity index (χ4n) is 13.5. The maximum Gasteiger partial charge on any atom is 0.414 e. The normalized spacial score (nSPS) is 17.4. The molecule has 5 aliphatic heterocycles. The van der Waals surface area contributed by atoms with Crippen LogP contribution in [-0.2, 0) is 33.5 Å². The van der Waals surface area contributed by atoms with E-state index < -0.39 is 63.7 Å². The second kappa shape index (κ2) is 38.4. The molecule has 9 aromatic carbocycles. The van der Waals surface area contributed by atoms with Crippen molar-refractivity contribution in [2.75, 3.05) is 76.0 Å². The Morgan fingerprint density at radius 3 is 1.02 bits per heavy atom. The van der Waals surface area contributed by atoms with E-state index >= 15 is 0 Å². The highest BCUT2D eigenvalue weighted by atomic mass is 32.2. The molecular weight excluding hydrogens is 1590 g/mol. The number of primary amides is 1. The number of nitrogens with two attached hydrogens (primary N) is 1. The summed E-state index contributed by atoms with van der Waals surface area (Å²) in [4.78, 5) is 84.2. The Morgan fingerprint density at radius 1 is 0.403 bits per heavy atom. The van der Waals surface area contributed by atoms with Gasteiger partial charge in [0.25, 0.3) is 0 Å². The van der Waals surface area contributed by atoms with Gasteiger partial charge in [-0.05, 0) is 219 Å². The minimum absolute atomic E-state index is 0.121. The summed E-state index contributed by atoms with van der Waals surface area (Å²) in [5.41, 5.74) is 14.5. The number of thioether (sulfide) groups is 2. The Kier molecular flexibility index (Phi) is 27.8. The quantitative estimate of drug-likeness (QED) is 0.0448.